The predicted octanol–water partition coefficient (Wildman–Crippen LogP) is 1.63. The molecule has 0 amide bonds. The van der Waals surface area contributed by atoms with Crippen molar-refractivity contribution in [3.05, 3.63) is 5.82 Å². The molecule has 2 rings (SSSR count). The highest BCUT2D eigenvalue weighted by Crippen LogP contribution is 2.38. The van der Waals surface area contributed by atoms with Gasteiger partial charge in [-0.15, -0.1) is 5.10 Å². The third-order valence-corrected chi connectivity index (χ3v) is 3.90. The van der Waals surface area contributed by atoms with Crippen molar-refractivity contribution in [2.45, 2.75) is 58.6 Å². The molecule has 1 aliphatic carbocycles. The number of carbonyl (C=O) groups is 1. The lowest BCUT2D eigenvalue weighted by molar-refractivity contribution is -0.152. The zero-order valence-corrected chi connectivity index (χ0v) is 11.9. The van der Waals surface area contributed by atoms with E-state index in [0.29, 0.717) is 38.4 Å². The summed E-state index contributed by atoms with van der Waals surface area (Å²) in [7, 11) is 0. The maximum Gasteiger partial charge on any atom is 0.311 e. The molecule has 0 bridgehead atoms. The Morgan fingerprint density at radius 1 is 1.40 bits per heavy atom. The van der Waals surface area contributed by atoms with E-state index in [9.17, 15) is 9.90 Å². The van der Waals surface area contributed by atoms with Crippen LogP contribution >= 0.6 is 0 Å². The smallest absolute Gasteiger partial charge is 0.311 e. The third-order valence-electron chi connectivity index (χ3n) is 3.90. The molecule has 1 aromatic rings. The molecular formula is C13H22N4O3. The van der Waals surface area contributed by atoms with Crippen molar-refractivity contribution < 1.29 is 14.6 Å². The van der Waals surface area contributed by atoms with Gasteiger partial charge in [0.15, 0.2) is 5.82 Å². The summed E-state index contributed by atoms with van der Waals surface area (Å²) < 4.78 is 7.03. The standard InChI is InChI=1S/C13H22N4O3/c1-2-8-20-9-11-14-15-16-17(11)10-13(12(18)19)6-4-3-5-7-13/h2-10H2,1H3,(H,18,19). The lowest BCUT2D eigenvalue weighted by Gasteiger charge is -2.32. The first-order chi connectivity index (χ1) is 9.68. The van der Waals surface area contributed by atoms with Crippen molar-refractivity contribution >= 4 is 5.97 Å². The van der Waals surface area contributed by atoms with Crippen molar-refractivity contribution in [2.75, 3.05) is 6.61 Å². The number of hydrogen-bond donors (Lipinski definition) is 1. The van der Waals surface area contributed by atoms with E-state index in [1.54, 1.807) is 4.68 Å². The monoisotopic (exact) mass is 282 g/mol. The normalized spacial score (nSPS) is 18.1. The highest BCUT2D eigenvalue weighted by Gasteiger charge is 2.40. The zero-order valence-electron chi connectivity index (χ0n) is 11.9. The van der Waals surface area contributed by atoms with Crippen LogP contribution in [0.25, 0.3) is 0 Å². The summed E-state index contributed by atoms with van der Waals surface area (Å²) in [4.78, 5) is 11.7. The van der Waals surface area contributed by atoms with Gasteiger partial charge in [-0.3, -0.25) is 4.79 Å². The van der Waals surface area contributed by atoms with Crippen molar-refractivity contribution in [3.8, 4) is 0 Å². The van der Waals surface area contributed by atoms with Crippen LogP contribution in [0, 0.1) is 5.41 Å². The Morgan fingerprint density at radius 3 is 2.80 bits per heavy atom. The number of nitrogens with zero attached hydrogens (tertiary/aromatic N) is 4. The van der Waals surface area contributed by atoms with Crippen LogP contribution in [0.2, 0.25) is 0 Å². The third kappa shape index (κ3) is 3.33. The molecular weight excluding hydrogens is 260 g/mol. The fourth-order valence-corrected chi connectivity index (χ4v) is 2.71. The number of tetrazole rings is 1. The Kier molecular flexibility index (Phi) is 5.05. The fraction of sp³-hybridized carbons (Fsp3) is 0.846. The number of aliphatic carboxylic acids is 1. The van der Waals surface area contributed by atoms with Gasteiger partial charge in [-0.1, -0.05) is 26.2 Å². The summed E-state index contributed by atoms with van der Waals surface area (Å²) in [6.07, 6.45) is 5.33. The molecule has 0 aliphatic heterocycles. The van der Waals surface area contributed by atoms with Crippen LogP contribution in [0.15, 0.2) is 0 Å². The van der Waals surface area contributed by atoms with Gasteiger partial charge in [-0.05, 0) is 29.7 Å². The van der Waals surface area contributed by atoms with Gasteiger partial charge in [-0.2, -0.15) is 0 Å². The van der Waals surface area contributed by atoms with Gasteiger partial charge in [0.1, 0.15) is 6.61 Å². The fourth-order valence-electron chi connectivity index (χ4n) is 2.71. The van der Waals surface area contributed by atoms with Gasteiger partial charge in [0, 0.05) is 6.61 Å². The number of aromatic nitrogens is 4. The maximum atomic E-state index is 11.7. The molecule has 0 radical (unpaired) electrons. The predicted molar refractivity (Wildman–Crippen MR) is 70.9 cm³/mol. The minimum Gasteiger partial charge on any atom is -0.481 e. The summed E-state index contributed by atoms with van der Waals surface area (Å²) in [5.41, 5.74) is -0.729. The minimum absolute atomic E-state index is 0.330. The van der Waals surface area contributed by atoms with Crippen LogP contribution in [0.3, 0.4) is 0 Å². The van der Waals surface area contributed by atoms with Gasteiger partial charge in [-0.25, -0.2) is 4.68 Å². The first-order valence-corrected chi connectivity index (χ1v) is 7.24. The molecule has 1 aliphatic rings. The van der Waals surface area contributed by atoms with E-state index in [0.717, 1.165) is 25.7 Å². The van der Waals surface area contributed by atoms with Crippen LogP contribution in [0.5, 0.6) is 0 Å². The summed E-state index contributed by atoms with van der Waals surface area (Å²) in [5, 5.41) is 21.1. The number of hydrogen-bond acceptors (Lipinski definition) is 5. The molecule has 0 unspecified atom stereocenters. The highest BCUT2D eigenvalue weighted by molar-refractivity contribution is 5.74. The molecule has 0 atom stereocenters. The van der Waals surface area contributed by atoms with Gasteiger partial charge in [0.25, 0.3) is 0 Å². The molecule has 7 nitrogen and oxygen atoms in total. The Hall–Kier alpha value is -1.50. The first kappa shape index (κ1) is 14.9. The van der Waals surface area contributed by atoms with Crippen LogP contribution in [0.1, 0.15) is 51.3 Å². The van der Waals surface area contributed by atoms with E-state index in [4.69, 9.17) is 4.74 Å². The number of ether oxygens (including phenoxy) is 1. The summed E-state index contributed by atoms with van der Waals surface area (Å²) in [5.74, 6) is -0.141. The molecule has 112 valence electrons. The van der Waals surface area contributed by atoms with Gasteiger partial charge in [0.2, 0.25) is 0 Å². The zero-order chi connectivity index (χ0) is 14.4. The lowest BCUT2D eigenvalue weighted by Crippen LogP contribution is -2.38. The Balaban J connectivity index is 2.07. The Labute approximate surface area is 118 Å². The molecule has 1 fully saturated rings. The van der Waals surface area contributed by atoms with Crippen molar-refractivity contribution in [2.24, 2.45) is 5.41 Å². The second kappa shape index (κ2) is 6.78. The number of carboxylic acids is 1. The van der Waals surface area contributed by atoms with Gasteiger partial charge in [0.05, 0.1) is 12.0 Å². The average Bonchev–Trinajstić information content (AvgIpc) is 2.87. The van der Waals surface area contributed by atoms with E-state index < -0.39 is 11.4 Å². The summed E-state index contributed by atoms with van der Waals surface area (Å²) in [6.45, 7) is 3.35. The van der Waals surface area contributed by atoms with Gasteiger partial charge >= 0.3 is 5.97 Å². The van der Waals surface area contributed by atoms with Crippen LogP contribution < -0.4 is 0 Å². The Bertz CT molecular complexity index is 441. The van der Waals surface area contributed by atoms with Crippen LogP contribution in [0.4, 0.5) is 0 Å². The molecule has 20 heavy (non-hydrogen) atoms. The maximum absolute atomic E-state index is 11.7. The highest BCUT2D eigenvalue weighted by atomic mass is 16.5. The van der Waals surface area contributed by atoms with E-state index in [1.165, 1.54) is 0 Å². The molecule has 0 spiro atoms. The molecule has 7 heteroatoms. The Morgan fingerprint density at radius 2 is 2.15 bits per heavy atom. The summed E-state index contributed by atoms with van der Waals surface area (Å²) in [6, 6.07) is 0. The van der Waals surface area contributed by atoms with Crippen LogP contribution in [-0.4, -0.2) is 37.9 Å². The molecule has 1 aromatic heterocycles. The lowest BCUT2D eigenvalue weighted by atomic mass is 9.74. The summed E-state index contributed by atoms with van der Waals surface area (Å²) >= 11 is 0. The van der Waals surface area contributed by atoms with Crippen LogP contribution in [-0.2, 0) is 22.7 Å². The SMILES string of the molecule is CCCOCc1nnnn1CC1(C(=O)O)CCCCC1. The molecule has 0 saturated heterocycles. The second-order valence-corrected chi connectivity index (χ2v) is 5.45. The minimum atomic E-state index is -0.742. The largest absolute Gasteiger partial charge is 0.481 e. The quantitative estimate of drug-likeness (QED) is 0.764. The van der Waals surface area contributed by atoms with E-state index in [2.05, 4.69) is 15.5 Å². The number of rotatable bonds is 7. The van der Waals surface area contributed by atoms with Crippen molar-refractivity contribution in [3.63, 3.8) is 0 Å². The van der Waals surface area contributed by atoms with E-state index >= 15 is 0 Å². The molecule has 1 heterocycles. The topological polar surface area (TPSA) is 90.1 Å². The van der Waals surface area contributed by atoms with Crippen molar-refractivity contribution in [1.29, 1.82) is 0 Å². The molecule has 1 N–H and O–H groups in total. The molecule has 1 saturated carbocycles. The second-order valence-electron chi connectivity index (χ2n) is 5.45. The molecule has 0 aromatic carbocycles. The van der Waals surface area contributed by atoms with Crippen molar-refractivity contribution in [1.82, 2.24) is 20.2 Å². The number of carboxylic acid groups (broad SMARTS) is 1. The van der Waals surface area contributed by atoms with E-state index in [-0.39, 0.29) is 0 Å². The van der Waals surface area contributed by atoms with E-state index in [1.807, 2.05) is 6.92 Å². The average molecular weight is 282 g/mol. The first-order valence-electron chi connectivity index (χ1n) is 7.24. The van der Waals surface area contributed by atoms with Gasteiger partial charge < -0.3 is 9.84 Å².